The van der Waals surface area contributed by atoms with Gasteiger partial charge in [0, 0.05) is 36.4 Å². The quantitative estimate of drug-likeness (QED) is 0.161. The highest BCUT2D eigenvalue weighted by molar-refractivity contribution is 8.13. The molecule has 41 heavy (non-hydrogen) atoms. The predicted molar refractivity (Wildman–Crippen MR) is 143 cm³/mol. The summed E-state index contributed by atoms with van der Waals surface area (Å²) in [5.41, 5.74) is -1.65. The number of nitrogens with zero attached hydrogens (tertiary/aromatic N) is 4. The van der Waals surface area contributed by atoms with Crippen LogP contribution in [0, 0.1) is 13.8 Å². The zero-order chi connectivity index (χ0) is 29.5. The fraction of sp³-hybridized carbons (Fsp3) is 0.545. The highest BCUT2D eigenvalue weighted by Crippen LogP contribution is 2.51. The van der Waals surface area contributed by atoms with Crippen molar-refractivity contribution in [3.8, 4) is 0 Å². The molecule has 19 heteroatoms. The second-order valence-electron chi connectivity index (χ2n) is 9.70. The van der Waals surface area contributed by atoms with Crippen molar-refractivity contribution in [2.75, 3.05) is 13.2 Å². The summed E-state index contributed by atoms with van der Waals surface area (Å²) in [4.78, 5) is 52.6. The molecule has 2 fully saturated rings. The minimum atomic E-state index is -3.48. The molecule has 0 amide bonds. The average molecular weight is 614 g/mol. The molecule has 3 aromatic heterocycles. The van der Waals surface area contributed by atoms with Gasteiger partial charge in [-0.25, -0.2) is 9.59 Å². The molecule has 0 aromatic carbocycles. The first-order valence-electron chi connectivity index (χ1n) is 12.5. The minimum absolute atomic E-state index is 0.0468. The monoisotopic (exact) mass is 613 g/mol. The number of rotatable bonds is 9. The van der Waals surface area contributed by atoms with Gasteiger partial charge in [-0.1, -0.05) is 0 Å². The Morgan fingerprint density at radius 1 is 1.02 bits per heavy atom. The maximum atomic E-state index is 12.4. The van der Waals surface area contributed by atoms with E-state index in [0.717, 1.165) is 0 Å². The molecular formula is C22H28N7O10PS. The van der Waals surface area contributed by atoms with Crippen molar-refractivity contribution >= 4 is 23.7 Å². The van der Waals surface area contributed by atoms with E-state index in [1.54, 1.807) is 0 Å². The molecular weight excluding hydrogens is 585 g/mol. The Kier molecular flexibility index (Phi) is 8.36. The topological polar surface area (TPSA) is 229 Å². The lowest BCUT2D eigenvalue weighted by atomic mass is 10.2. The van der Waals surface area contributed by atoms with E-state index in [1.165, 1.54) is 41.6 Å². The van der Waals surface area contributed by atoms with Gasteiger partial charge in [-0.2, -0.15) is 15.4 Å². The Hall–Kier alpha value is -3.09. The number of H-pyrrole nitrogens is 3. The second-order valence-corrected chi connectivity index (χ2v) is 13.1. The third kappa shape index (κ3) is 5.96. The molecule has 0 spiro atoms. The van der Waals surface area contributed by atoms with Crippen LogP contribution in [0.3, 0.4) is 0 Å². The van der Waals surface area contributed by atoms with Gasteiger partial charge in [0.1, 0.15) is 24.7 Å². The summed E-state index contributed by atoms with van der Waals surface area (Å²) < 4.78 is 26.4. The number of aliphatic hydroxyl groups is 2. The predicted octanol–water partition coefficient (Wildman–Crippen LogP) is -2.21. The number of hydrogen-bond acceptors (Lipinski definition) is 13. The van der Waals surface area contributed by atoms with Crippen LogP contribution in [-0.4, -0.2) is 82.4 Å². The molecule has 2 saturated heterocycles. The van der Waals surface area contributed by atoms with Gasteiger partial charge in [-0.3, -0.25) is 28.7 Å². The highest BCUT2D eigenvalue weighted by Gasteiger charge is 2.43. The van der Waals surface area contributed by atoms with Gasteiger partial charge in [-0.05, 0) is 25.7 Å². The third-order valence-corrected chi connectivity index (χ3v) is 9.79. The maximum Gasteiger partial charge on any atom is 0.330 e. The van der Waals surface area contributed by atoms with Crippen LogP contribution < -0.4 is 27.9 Å². The van der Waals surface area contributed by atoms with Gasteiger partial charge >= 0.3 is 11.4 Å². The number of nitrogens with one attached hydrogen (secondary N) is 3. The van der Waals surface area contributed by atoms with Gasteiger partial charge in [0.25, 0.3) is 11.1 Å². The summed E-state index contributed by atoms with van der Waals surface area (Å²) in [5, 5.41) is 30.9. The number of ether oxygens (including phenoxy) is 2. The standard InChI is InChI=1S/C22H28N7O10PS/c1-10-6-28(21(34)24-19(10)32)17-3-12(31)15(38-17)9-36-40(41,16-5-23-27-26-16)39-13-4-18(37-14(13)8-30)29-7-11(2)20(33)25-22(29)35/h5-7,12-15,17-18,30-31H,3-4,8-9H2,1-2H3,(H,23,26,27)(H,24,32,34)(H,25,33,35)/t12?,13?,14-,15-,17-,18-,40?/m1/s1. The summed E-state index contributed by atoms with van der Waals surface area (Å²) in [5.74, 6) is 0. The molecule has 0 radical (unpaired) electrons. The van der Waals surface area contributed by atoms with E-state index < -0.39 is 72.5 Å². The number of aromatic amines is 3. The third-order valence-electron chi connectivity index (χ3n) is 6.84. The van der Waals surface area contributed by atoms with E-state index in [2.05, 4.69) is 25.4 Å². The van der Waals surface area contributed by atoms with Crippen molar-refractivity contribution in [3.63, 3.8) is 0 Å². The van der Waals surface area contributed by atoms with Gasteiger partial charge in [0.2, 0.25) is 6.49 Å². The lowest BCUT2D eigenvalue weighted by Gasteiger charge is -2.27. The molecule has 2 aliphatic heterocycles. The molecule has 0 aliphatic carbocycles. The summed E-state index contributed by atoms with van der Waals surface area (Å²) in [6.07, 6.45) is -1.28. The smallest absolute Gasteiger partial charge is 0.330 e. The fourth-order valence-electron chi connectivity index (χ4n) is 4.61. The Labute approximate surface area is 235 Å². The lowest BCUT2D eigenvalue weighted by molar-refractivity contribution is -0.0490. The number of aliphatic hydroxyl groups excluding tert-OH is 2. The van der Waals surface area contributed by atoms with Crippen molar-refractivity contribution in [2.45, 2.75) is 63.6 Å². The van der Waals surface area contributed by atoms with Crippen LogP contribution in [0.25, 0.3) is 0 Å². The first-order chi connectivity index (χ1) is 19.5. The zero-order valence-electron chi connectivity index (χ0n) is 21.8. The van der Waals surface area contributed by atoms with E-state index in [1.807, 2.05) is 0 Å². The van der Waals surface area contributed by atoms with Crippen molar-refractivity contribution in [2.24, 2.45) is 0 Å². The van der Waals surface area contributed by atoms with Crippen LogP contribution in [0.2, 0.25) is 0 Å². The van der Waals surface area contributed by atoms with Gasteiger partial charge in [0.05, 0.1) is 31.6 Å². The molecule has 3 aromatic rings. The van der Waals surface area contributed by atoms with Gasteiger partial charge < -0.3 is 28.7 Å². The van der Waals surface area contributed by atoms with Crippen LogP contribution in [-0.2, 0) is 30.3 Å². The molecule has 7 atom stereocenters. The summed E-state index contributed by atoms with van der Waals surface area (Å²) in [6.45, 7) is -1.12. The molecule has 222 valence electrons. The van der Waals surface area contributed by atoms with E-state index in [-0.39, 0.29) is 24.9 Å². The Morgan fingerprint density at radius 3 is 2.17 bits per heavy atom. The van der Waals surface area contributed by atoms with Crippen molar-refractivity contribution in [3.05, 3.63) is 71.4 Å². The largest absolute Gasteiger partial charge is 0.394 e. The second kappa shape index (κ2) is 11.7. The molecule has 3 unspecified atom stereocenters. The van der Waals surface area contributed by atoms with E-state index in [0.29, 0.717) is 11.1 Å². The average Bonchev–Trinajstić information content (AvgIpc) is 3.68. The molecule has 0 saturated carbocycles. The van der Waals surface area contributed by atoms with E-state index in [4.69, 9.17) is 30.3 Å². The van der Waals surface area contributed by atoms with Crippen LogP contribution in [0.1, 0.15) is 36.4 Å². The fourth-order valence-corrected chi connectivity index (χ4v) is 6.98. The molecule has 17 nitrogen and oxygen atoms in total. The maximum absolute atomic E-state index is 12.4. The Morgan fingerprint density at radius 2 is 1.61 bits per heavy atom. The first-order valence-corrected chi connectivity index (χ1v) is 15.2. The van der Waals surface area contributed by atoms with Crippen molar-refractivity contribution in [1.82, 2.24) is 34.5 Å². The van der Waals surface area contributed by atoms with Crippen LogP contribution >= 0.6 is 6.49 Å². The summed E-state index contributed by atoms with van der Waals surface area (Å²) >= 11 is 5.79. The molecule has 0 bridgehead atoms. The van der Waals surface area contributed by atoms with Crippen molar-refractivity contribution < 1.29 is 28.7 Å². The van der Waals surface area contributed by atoms with Gasteiger partial charge in [-0.15, -0.1) is 0 Å². The van der Waals surface area contributed by atoms with E-state index >= 15 is 0 Å². The van der Waals surface area contributed by atoms with Crippen LogP contribution in [0.4, 0.5) is 0 Å². The highest BCUT2D eigenvalue weighted by atomic mass is 32.5. The van der Waals surface area contributed by atoms with Gasteiger partial charge in [0.15, 0.2) is 5.44 Å². The zero-order valence-corrected chi connectivity index (χ0v) is 23.5. The molecule has 5 rings (SSSR count). The molecule has 5 N–H and O–H groups in total. The molecule has 5 heterocycles. The normalized spacial score (nSPS) is 27.7. The molecule has 2 aliphatic rings. The Balaban J connectivity index is 1.33. The van der Waals surface area contributed by atoms with Crippen molar-refractivity contribution in [1.29, 1.82) is 0 Å². The summed E-state index contributed by atoms with van der Waals surface area (Å²) in [6, 6.07) is 0. The summed E-state index contributed by atoms with van der Waals surface area (Å²) in [7, 11) is 0. The SMILES string of the molecule is Cc1cn([C@H]2CC(O)[C@@H](COP(=S)(OC3C[C@H](n4cc(C)c(=O)[nH]c4=O)O[C@@H]3CO)c3cn[nH]n3)O2)c(=O)[nH]c1=O. The minimum Gasteiger partial charge on any atom is -0.394 e. The number of aryl methyl sites for hydroxylation is 2. The first kappa shape index (κ1) is 29.4. The lowest BCUT2D eigenvalue weighted by Crippen LogP contribution is -2.33. The number of hydrogen-bond donors (Lipinski definition) is 5. The van der Waals surface area contributed by atoms with Crippen LogP contribution in [0.5, 0.6) is 0 Å². The number of aromatic nitrogens is 7. The van der Waals surface area contributed by atoms with Crippen LogP contribution in [0.15, 0.2) is 37.8 Å². The Bertz CT molecular complexity index is 1680. The van der Waals surface area contributed by atoms with E-state index in [9.17, 15) is 29.4 Å².